The van der Waals surface area contributed by atoms with Crippen molar-refractivity contribution in [1.29, 1.82) is 0 Å². The first-order chi connectivity index (χ1) is 24.8. The third kappa shape index (κ3) is 8.05. The van der Waals surface area contributed by atoms with E-state index in [2.05, 4.69) is 24.3 Å². The first-order valence-electron chi connectivity index (χ1n) is 16.3. The SMILES string of the molecule is [Pt+2].[Pt+2].[c-]1ccccc1-c1cccc(C(=C(c2cccc(-c3[c-]cccc3)n2)c2cccc(-c3[c-]cccc3)n2)c2cccc(-c3[c-]cccc3)n2)n1. The molecule has 0 radical (unpaired) electrons. The van der Waals surface area contributed by atoms with Crippen LogP contribution in [0.4, 0.5) is 0 Å². The number of benzene rings is 4. The summed E-state index contributed by atoms with van der Waals surface area (Å²) in [5.41, 5.74) is 11.3. The number of rotatable bonds is 8. The van der Waals surface area contributed by atoms with E-state index >= 15 is 0 Å². The van der Waals surface area contributed by atoms with Crippen LogP contribution in [0.5, 0.6) is 0 Å². The molecule has 4 heterocycles. The summed E-state index contributed by atoms with van der Waals surface area (Å²) >= 11 is 0. The van der Waals surface area contributed by atoms with Crippen molar-refractivity contribution in [3.05, 3.63) is 217 Å². The van der Waals surface area contributed by atoms with Crippen LogP contribution in [0.15, 0.2) is 170 Å². The van der Waals surface area contributed by atoms with Crippen molar-refractivity contribution in [3.8, 4) is 45.0 Å². The summed E-state index contributed by atoms with van der Waals surface area (Å²) in [6.07, 6.45) is 0. The predicted molar refractivity (Wildman–Crippen MR) is 199 cm³/mol. The minimum absolute atomic E-state index is 0. The van der Waals surface area contributed by atoms with E-state index in [4.69, 9.17) is 19.9 Å². The van der Waals surface area contributed by atoms with Crippen LogP contribution in [0, 0.1) is 24.3 Å². The van der Waals surface area contributed by atoms with Crippen molar-refractivity contribution >= 4 is 11.1 Å². The summed E-state index contributed by atoms with van der Waals surface area (Å²) < 4.78 is 0. The Hall–Kier alpha value is -5.40. The molecule has 0 amide bonds. The standard InChI is InChI=1S/C46H28N4.2Pt/c1-5-17-33(18-6-1)37-25-13-29-41(47-37)45(42-30-14-26-38(48-42)34-19-7-2-8-20-34)46(43-31-15-27-39(49-43)35-21-9-3-10-22-35)44-32-16-28-40(50-44)36-23-11-4-12-24-36;;/h1-17,19,21,23,25-32H;;/q-4;2*+2. The van der Waals surface area contributed by atoms with E-state index in [0.29, 0.717) is 0 Å². The second-order valence-electron chi connectivity index (χ2n) is 11.5. The van der Waals surface area contributed by atoms with Crippen LogP contribution in [0.3, 0.4) is 0 Å². The first kappa shape index (κ1) is 36.4. The molecule has 252 valence electrons. The van der Waals surface area contributed by atoms with Gasteiger partial charge in [0.2, 0.25) is 0 Å². The van der Waals surface area contributed by atoms with Crippen LogP contribution in [0.2, 0.25) is 0 Å². The molecule has 0 aliphatic rings. The monoisotopic (exact) mass is 1030 g/mol. The van der Waals surface area contributed by atoms with E-state index in [-0.39, 0.29) is 42.1 Å². The topological polar surface area (TPSA) is 51.6 Å². The van der Waals surface area contributed by atoms with Crippen LogP contribution in [-0.2, 0) is 42.1 Å². The smallest absolute Gasteiger partial charge is 0.296 e. The quantitative estimate of drug-likeness (QED) is 0.142. The van der Waals surface area contributed by atoms with Crippen molar-refractivity contribution < 1.29 is 42.1 Å². The number of hydrogen-bond acceptors (Lipinski definition) is 4. The molecule has 0 atom stereocenters. The molecule has 0 spiro atoms. The molecule has 0 aliphatic carbocycles. The van der Waals surface area contributed by atoms with Crippen LogP contribution in [0.1, 0.15) is 22.8 Å². The summed E-state index contributed by atoms with van der Waals surface area (Å²) in [7, 11) is 0. The molecule has 0 bridgehead atoms. The molecule has 4 aromatic heterocycles. The summed E-state index contributed by atoms with van der Waals surface area (Å²) in [5.74, 6) is 0. The van der Waals surface area contributed by atoms with Gasteiger partial charge in [0.25, 0.3) is 0 Å². The average molecular weight is 1030 g/mol. The third-order valence-corrected chi connectivity index (χ3v) is 8.21. The van der Waals surface area contributed by atoms with Crippen molar-refractivity contribution in [2.75, 3.05) is 0 Å². The molecule has 0 aliphatic heterocycles. The van der Waals surface area contributed by atoms with E-state index in [1.165, 1.54) is 0 Å². The van der Waals surface area contributed by atoms with Gasteiger partial charge in [-0.25, -0.2) is 0 Å². The van der Waals surface area contributed by atoms with Gasteiger partial charge in [0.15, 0.2) is 0 Å². The van der Waals surface area contributed by atoms with Gasteiger partial charge in [0.05, 0.1) is 22.8 Å². The molecule has 4 aromatic carbocycles. The third-order valence-electron chi connectivity index (χ3n) is 8.21. The first-order valence-corrected chi connectivity index (χ1v) is 16.3. The predicted octanol–water partition coefficient (Wildman–Crippen LogP) is 10.1. The van der Waals surface area contributed by atoms with Crippen molar-refractivity contribution in [2.24, 2.45) is 0 Å². The van der Waals surface area contributed by atoms with E-state index < -0.39 is 0 Å². The van der Waals surface area contributed by atoms with Crippen molar-refractivity contribution in [1.82, 2.24) is 19.9 Å². The fraction of sp³-hybridized carbons (Fsp3) is 0. The van der Waals surface area contributed by atoms with Crippen LogP contribution >= 0.6 is 0 Å². The molecule has 52 heavy (non-hydrogen) atoms. The number of nitrogens with zero attached hydrogens (tertiary/aromatic N) is 4. The molecule has 0 fully saturated rings. The maximum absolute atomic E-state index is 5.25. The van der Waals surface area contributed by atoms with Gasteiger partial charge in [0.1, 0.15) is 0 Å². The minimum atomic E-state index is 0. The van der Waals surface area contributed by atoms with Crippen LogP contribution in [0.25, 0.3) is 56.2 Å². The Morgan fingerprint density at radius 3 is 0.750 bits per heavy atom. The van der Waals surface area contributed by atoms with Crippen LogP contribution < -0.4 is 0 Å². The molecule has 0 N–H and O–H groups in total. The molecule has 0 saturated carbocycles. The summed E-state index contributed by atoms with van der Waals surface area (Å²) in [4.78, 5) is 21.0. The van der Waals surface area contributed by atoms with Crippen molar-refractivity contribution in [3.63, 3.8) is 0 Å². The normalized spacial score (nSPS) is 10.4. The van der Waals surface area contributed by atoms with E-state index in [0.717, 1.165) is 79.0 Å². The number of aromatic nitrogens is 4. The fourth-order valence-electron chi connectivity index (χ4n) is 5.88. The average Bonchev–Trinajstić information content (AvgIpc) is 3.21. The molecule has 6 heteroatoms. The van der Waals surface area contributed by atoms with Gasteiger partial charge >= 0.3 is 42.1 Å². The molecular formula is C46H28N4Pt2. The molecule has 0 saturated heterocycles. The Bertz CT molecular complexity index is 2080. The summed E-state index contributed by atoms with van der Waals surface area (Å²) in [5, 5.41) is 0. The van der Waals surface area contributed by atoms with Crippen molar-refractivity contribution in [2.45, 2.75) is 0 Å². The Balaban J connectivity index is 0.00000232. The Morgan fingerprint density at radius 1 is 0.288 bits per heavy atom. The molecule has 8 rings (SSSR count). The van der Waals surface area contributed by atoms with Gasteiger partial charge in [-0.2, -0.15) is 0 Å². The zero-order valence-electron chi connectivity index (χ0n) is 27.6. The van der Waals surface area contributed by atoms with Gasteiger partial charge in [-0.1, -0.05) is 48.5 Å². The van der Waals surface area contributed by atoms with Gasteiger partial charge in [0, 0.05) is 11.1 Å². The zero-order chi connectivity index (χ0) is 33.5. The Labute approximate surface area is 333 Å². The zero-order valence-corrected chi connectivity index (χ0v) is 32.1. The van der Waals surface area contributed by atoms with E-state index in [9.17, 15) is 0 Å². The number of pyridine rings is 4. The van der Waals surface area contributed by atoms with E-state index in [1.807, 2.05) is 170 Å². The maximum Gasteiger partial charge on any atom is 2.00 e. The Kier molecular flexibility index (Phi) is 12.0. The van der Waals surface area contributed by atoms with Gasteiger partial charge in [-0.05, 0) is 47.0 Å². The Morgan fingerprint density at radius 2 is 0.538 bits per heavy atom. The molecule has 4 nitrogen and oxygen atoms in total. The summed E-state index contributed by atoms with van der Waals surface area (Å²) in [6.45, 7) is 0. The largest absolute Gasteiger partial charge is 2.00 e. The van der Waals surface area contributed by atoms with Crippen LogP contribution in [-0.4, -0.2) is 19.9 Å². The van der Waals surface area contributed by atoms with Gasteiger partial charge in [-0.15, -0.1) is 144 Å². The van der Waals surface area contributed by atoms with E-state index in [1.54, 1.807) is 0 Å². The minimum Gasteiger partial charge on any atom is -0.296 e. The van der Waals surface area contributed by atoms with Gasteiger partial charge < -0.3 is 0 Å². The molecule has 8 aromatic rings. The molecule has 0 unspecified atom stereocenters. The maximum atomic E-state index is 5.25. The number of hydrogen-bond donors (Lipinski definition) is 0. The molecular weight excluding hydrogens is 999 g/mol. The fourth-order valence-corrected chi connectivity index (χ4v) is 5.88. The van der Waals surface area contributed by atoms with Gasteiger partial charge in [-0.3, -0.25) is 19.9 Å². The second-order valence-corrected chi connectivity index (χ2v) is 11.5. The summed E-state index contributed by atoms with van der Waals surface area (Å²) in [6, 6.07) is 69.0. The second kappa shape index (κ2) is 17.2.